The van der Waals surface area contributed by atoms with Crippen molar-refractivity contribution in [2.75, 3.05) is 4.72 Å². The minimum atomic E-state index is -4.17. The predicted molar refractivity (Wildman–Crippen MR) is 108 cm³/mol. The molecule has 0 atom stereocenters. The fourth-order valence-corrected chi connectivity index (χ4v) is 4.70. The molecule has 10 heteroatoms. The minimum absolute atomic E-state index is 0.0351. The van der Waals surface area contributed by atoms with Crippen LogP contribution in [0.15, 0.2) is 52.2 Å². The number of nitrogens with zero attached hydrogens (tertiary/aromatic N) is 2. The first-order valence-electron chi connectivity index (χ1n) is 7.65. The van der Waals surface area contributed by atoms with Crippen molar-refractivity contribution in [3.8, 4) is 5.69 Å². The Morgan fingerprint density at radius 2 is 1.56 bits per heavy atom. The summed E-state index contributed by atoms with van der Waals surface area (Å²) >= 11 is 17.8. The van der Waals surface area contributed by atoms with E-state index in [4.69, 9.17) is 34.8 Å². The van der Waals surface area contributed by atoms with Crippen LogP contribution in [0.2, 0.25) is 15.1 Å². The molecule has 0 aliphatic carbocycles. The third kappa shape index (κ3) is 3.60. The van der Waals surface area contributed by atoms with Crippen LogP contribution >= 0.6 is 34.8 Å². The molecule has 3 rings (SSSR count). The number of aromatic nitrogens is 2. The molecule has 6 nitrogen and oxygen atoms in total. The van der Waals surface area contributed by atoms with Crippen LogP contribution in [0.25, 0.3) is 5.69 Å². The molecular weight excluding hydrogens is 433 g/mol. The number of rotatable bonds is 4. The Bertz CT molecular complexity index is 1190. The monoisotopic (exact) mass is 445 g/mol. The third-order valence-electron chi connectivity index (χ3n) is 4.05. The number of halogens is 3. The number of sulfonamides is 1. The molecule has 3 aromatic rings. The summed E-state index contributed by atoms with van der Waals surface area (Å²) in [5.74, 6) is 0. The lowest BCUT2D eigenvalue weighted by molar-refractivity contribution is 0.601. The second kappa shape index (κ2) is 7.24. The van der Waals surface area contributed by atoms with E-state index in [0.29, 0.717) is 11.4 Å². The Labute approximate surface area is 170 Å². The van der Waals surface area contributed by atoms with Gasteiger partial charge in [-0.15, -0.1) is 0 Å². The average Bonchev–Trinajstić information content (AvgIpc) is 2.82. The van der Waals surface area contributed by atoms with Crippen molar-refractivity contribution in [3.63, 3.8) is 0 Å². The molecule has 1 aromatic heterocycles. The molecule has 2 aromatic carbocycles. The second-order valence-electron chi connectivity index (χ2n) is 5.74. The molecule has 27 heavy (non-hydrogen) atoms. The lowest BCUT2D eigenvalue weighted by Gasteiger charge is -2.09. The van der Waals surface area contributed by atoms with E-state index in [2.05, 4.69) is 4.72 Å². The van der Waals surface area contributed by atoms with E-state index in [0.717, 1.165) is 6.07 Å². The van der Waals surface area contributed by atoms with Gasteiger partial charge in [0.1, 0.15) is 10.6 Å². The maximum atomic E-state index is 12.9. The van der Waals surface area contributed by atoms with Crippen LogP contribution in [0.4, 0.5) is 5.69 Å². The zero-order chi connectivity index (χ0) is 19.9. The van der Waals surface area contributed by atoms with Crippen molar-refractivity contribution in [3.05, 3.63) is 73.6 Å². The standard InChI is InChI=1S/C17H14Cl3N3O3S/c1-10-16(17(24)23(22(10)2)11-6-4-3-5-7-11)21-27(25,26)15-9-13(19)12(18)8-14(15)20/h3-9,21H,1-2H3. The van der Waals surface area contributed by atoms with E-state index in [1.54, 1.807) is 42.9 Å². The van der Waals surface area contributed by atoms with E-state index < -0.39 is 15.6 Å². The number of anilines is 1. The molecule has 1 heterocycles. The Balaban J connectivity index is 2.12. The van der Waals surface area contributed by atoms with Crippen LogP contribution in [-0.4, -0.2) is 17.8 Å². The zero-order valence-electron chi connectivity index (χ0n) is 14.2. The highest BCUT2D eigenvalue weighted by atomic mass is 35.5. The van der Waals surface area contributed by atoms with Crippen molar-refractivity contribution in [1.29, 1.82) is 0 Å². The van der Waals surface area contributed by atoms with Crippen molar-refractivity contribution < 1.29 is 8.42 Å². The van der Waals surface area contributed by atoms with Gasteiger partial charge in [-0.1, -0.05) is 53.0 Å². The molecule has 0 unspecified atom stereocenters. The van der Waals surface area contributed by atoms with Gasteiger partial charge in [0, 0.05) is 7.05 Å². The molecule has 0 aliphatic heterocycles. The highest BCUT2D eigenvalue weighted by Gasteiger charge is 2.25. The van der Waals surface area contributed by atoms with Crippen molar-refractivity contribution in [2.45, 2.75) is 11.8 Å². The topological polar surface area (TPSA) is 73.1 Å². The molecule has 0 bridgehead atoms. The summed E-state index contributed by atoms with van der Waals surface area (Å²) in [6.07, 6.45) is 0. The van der Waals surface area contributed by atoms with Crippen LogP contribution in [0, 0.1) is 6.92 Å². The van der Waals surface area contributed by atoms with Gasteiger partial charge >= 0.3 is 0 Å². The summed E-state index contributed by atoms with van der Waals surface area (Å²) in [6.45, 7) is 1.63. The summed E-state index contributed by atoms with van der Waals surface area (Å²) in [5.41, 5.74) is 0.444. The minimum Gasteiger partial charge on any atom is -0.283 e. The summed E-state index contributed by atoms with van der Waals surface area (Å²) in [7, 11) is -2.51. The number of hydrogen-bond donors (Lipinski definition) is 1. The first kappa shape index (κ1) is 19.8. The van der Waals surface area contributed by atoms with Crippen LogP contribution in [0.1, 0.15) is 5.69 Å². The van der Waals surface area contributed by atoms with Crippen LogP contribution in [-0.2, 0) is 17.1 Å². The van der Waals surface area contributed by atoms with Crippen LogP contribution in [0.3, 0.4) is 0 Å². The van der Waals surface area contributed by atoms with Gasteiger partial charge in [0.05, 0.1) is 26.4 Å². The fraction of sp³-hybridized carbons (Fsp3) is 0.118. The maximum absolute atomic E-state index is 12.9. The number of para-hydroxylation sites is 1. The summed E-state index contributed by atoms with van der Waals surface area (Å²) < 4.78 is 30.8. The summed E-state index contributed by atoms with van der Waals surface area (Å²) in [6, 6.07) is 11.2. The molecule has 1 N–H and O–H groups in total. The van der Waals surface area contributed by atoms with E-state index in [9.17, 15) is 13.2 Å². The predicted octanol–water partition coefficient (Wildman–Crippen LogP) is 4.25. The molecule has 0 spiro atoms. The molecule has 0 saturated heterocycles. The fourth-order valence-electron chi connectivity index (χ4n) is 2.59. The smallest absolute Gasteiger partial charge is 0.283 e. The molecule has 142 valence electrons. The van der Waals surface area contributed by atoms with Gasteiger partial charge in [0.15, 0.2) is 0 Å². The van der Waals surface area contributed by atoms with Gasteiger partial charge in [0.25, 0.3) is 15.6 Å². The van der Waals surface area contributed by atoms with Crippen molar-refractivity contribution in [1.82, 2.24) is 9.36 Å². The van der Waals surface area contributed by atoms with Gasteiger partial charge in [-0.05, 0) is 31.2 Å². The van der Waals surface area contributed by atoms with Gasteiger partial charge < -0.3 is 0 Å². The van der Waals surface area contributed by atoms with Gasteiger partial charge in [-0.2, -0.15) is 0 Å². The quantitative estimate of drug-likeness (QED) is 0.609. The third-order valence-corrected chi connectivity index (χ3v) is 6.59. The maximum Gasteiger partial charge on any atom is 0.296 e. The largest absolute Gasteiger partial charge is 0.296 e. The lowest BCUT2D eigenvalue weighted by atomic mass is 10.3. The van der Waals surface area contributed by atoms with E-state index in [-0.39, 0.29) is 25.7 Å². The van der Waals surface area contributed by atoms with E-state index >= 15 is 0 Å². The number of hydrogen-bond acceptors (Lipinski definition) is 3. The highest BCUT2D eigenvalue weighted by Crippen LogP contribution is 2.32. The Hall–Kier alpha value is -1.93. The Morgan fingerprint density at radius 3 is 2.19 bits per heavy atom. The summed E-state index contributed by atoms with van der Waals surface area (Å²) in [4.78, 5) is 12.6. The number of nitrogens with one attached hydrogen (secondary N) is 1. The van der Waals surface area contributed by atoms with Gasteiger partial charge in [-0.3, -0.25) is 14.2 Å². The highest BCUT2D eigenvalue weighted by molar-refractivity contribution is 7.92. The first-order valence-corrected chi connectivity index (χ1v) is 10.3. The van der Waals surface area contributed by atoms with Gasteiger partial charge in [0.2, 0.25) is 0 Å². The van der Waals surface area contributed by atoms with E-state index in [1.165, 1.54) is 10.7 Å². The van der Waals surface area contributed by atoms with Gasteiger partial charge in [-0.25, -0.2) is 13.1 Å². The molecule has 0 amide bonds. The molecular formula is C17H14Cl3N3O3S. The molecule has 0 saturated carbocycles. The normalized spacial score (nSPS) is 11.6. The second-order valence-corrected chi connectivity index (χ2v) is 8.61. The molecule has 0 fully saturated rings. The van der Waals surface area contributed by atoms with Crippen LogP contribution in [0.5, 0.6) is 0 Å². The SMILES string of the molecule is Cc1c(NS(=O)(=O)c2cc(Cl)c(Cl)cc2Cl)c(=O)n(-c2ccccc2)n1C. The Morgan fingerprint density at radius 1 is 0.963 bits per heavy atom. The zero-order valence-corrected chi connectivity index (χ0v) is 17.3. The average molecular weight is 447 g/mol. The van der Waals surface area contributed by atoms with Crippen molar-refractivity contribution >= 4 is 50.5 Å². The lowest BCUT2D eigenvalue weighted by Crippen LogP contribution is -2.23. The molecule has 0 aliphatic rings. The van der Waals surface area contributed by atoms with E-state index in [1.807, 2.05) is 6.07 Å². The Kier molecular flexibility index (Phi) is 5.31. The summed E-state index contributed by atoms with van der Waals surface area (Å²) in [5, 5.41) is 0.0599. The first-order chi connectivity index (χ1) is 12.6. The number of benzene rings is 2. The van der Waals surface area contributed by atoms with Crippen LogP contribution < -0.4 is 10.3 Å². The van der Waals surface area contributed by atoms with Crippen molar-refractivity contribution in [2.24, 2.45) is 7.05 Å². The molecule has 0 radical (unpaired) electrons.